The Kier molecular flexibility index (Phi) is 6.28. The summed E-state index contributed by atoms with van der Waals surface area (Å²) in [5.74, 6) is -0.936. The van der Waals surface area contributed by atoms with Gasteiger partial charge >= 0.3 is 12.3 Å². The van der Waals surface area contributed by atoms with E-state index in [1.165, 1.54) is 29.0 Å². The highest BCUT2D eigenvalue weighted by Crippen LogP contribution is 2.34. The smallest absolute Gasteiger partial charge is 0.434 e. The molecule has 0 saturated carbocycles. The van der Waals surface area contributed by atoms with E-state index in [1.807, 2.05) is 0 Å². The number of ether oxygens (including phenoxy) is 2. The quantitative estimate of drug-likeness (QED) is 0.699. The molecule has 0 unspecified atom stereocenters. The van der Waals surface area contributed by atoms with Crippen LogP contribution in [0.3, 0.4) is 0 Å². The van der Waals surface area contributed by atoms with Crippen LogP contribution < -0.4 is 4.74 Å². The van der Waals surface area contributed by atoms with Crippen LogP contribution in [-0.2, 0) is 10.9 Å². The molecule has 3 rings (SSSR count). The molecule has 0 spiro atoms. The molecule has 0 N–H and O–H groups in total. The topological polar surface area (TPSA) is 103 Å². The summed E-state index contributed by atoms with van der Waals surface area (Å²) in [6.07, 6.45) is -4.55. The van der Waals surface area contributed by atoms with Crippen LogP contribution in [0.2, 0.25) is 0 Å². The minimum atomic E-state index is -4.87. The van der Waals surface area contributed by atoms with Gasteiger partial charge in [0.05, 0.1) is 18.9 Å². The first-order chi connectivity index (χ1) is 14.9. The van der Waals surface area contributed by atoms with E-state index in [0.29, 0.717) is 4.68 Å². The van der Waals surface area contributed by atoms with Gasteiger partial charge in [0.25, 0.3) is 5.91 Å². The minimum absolute atomic E-state index is 0.0584. The third-order valence-electron chi connectivity index (χ3n) is 4.54. The average molecular weight is 456 g/mol. The van der Waals surface area contributed by atoms with E-state index < -0.39 is 35.0 Å². The van der Waals surface area contributed by atoms with Gasteiger partial charge in [-0.25, -0.2) is 9.48 Å². The monoisotopic (exact) mass is 456 g/mol. The van der Waals surface area contributed by atoms with Crippen LogP contribution in [0, 0.1) is 0 Å². The maximum Gasteiger partial charge on any atom is 0.434 e. The Bertz CT molecular complexity index is 976. The van der Waals surface area contributed by atoms with Crippen molar-refractivity contribution in [3.05, 3.63) is 29.6 Å². The van der Waals surface area contributed by atoms with Gasteiger partial charge in [-0.15, -0.1) is 10.2 Å². The molecule has 32 heavy (non-hydrogen) atoms. The highest BCUT2D eigenvalue weighted by atomic mass is 19.4. The molecular formula is C19H23F3N6O4. The fourth-order valence-corrected chi connectivity index (χ4v) is 3.08. The number of methoxy groups -OCH3 is 1. The molecule has 174 valence electrons. The van der Waals surface area contributed by atoms with Gasteiger partial charge in [-0.2, -0.15) is 18.3 Å². The van der Waals surface area contributed by atoms with E-state index in [-0.39, 0.29) is 37.9 Å². The molecule has 2 aromatic rings. The van der Waals surface area contributed by atoms with Crippen LogP contribution in [0.4, 0.5) is 18.0 Å². The number of nitrogens with zero attached hydrogens (tertiary/aromatic N) is 6. The lowest BCUT2D eigenvalue weighted by Crippen LogP contribution is -2.51. The Balaban J connectivity index is 1.80. The van der Waals surface area contributed by atoms with Gasteiger partial charge in [-0.3, -0.25) is 4.79 Å². The van der Waals surface area contributed by atoms with Crippen molar-refractivity contribution in [3.8, 4) is 11.7 Å². The first kappa shape index (κ1) is 23.3. The molecule has 1 saturated heterocycles. The number of hydrogen-bond donors (Lipinski definition) is 0. The number of hydrogen-bond acceptors (Lipinski definition) is 7. The van der Waals surface area contributed by atoms with Crippen molar-refractivity contribution < 1.29 is 32.2 Å². The van der Waals surface area contributed by atoms with Crippen molar-refractivity contribution in [1.29, 1.82) is 0 Å². The lowest BCUT2D eigenvalue weighted by Gasteiger charge is -2.35. The highest BCUT2D eigenvalue weighted by Gasteiger charge is 2.42. The Morgan fingerprint density at radius 1 is 1.00 bits per heavy atom. The molecule has 0 bridgehead atoms. The minimum Gasteiger partial charge on any atom is -0.480 e. The van der Waals surface area contributed by atoms with Crippen molar-refractivity contribution >= 4 is 12.0 Å². The maximum absolute atomic E-state index is 13.9. The van der Waals surface area contributed by atoms with E-state index in [2.05, 4.69) is 15.3 Å². The van der Waals surface area contributed by atoms with E-state index >= 15 is 0 Å². The van der Waals surface area contributed by atoms with Gasteiger partial charge in [-0.1, -0.05) is 0 Å². The van der Waals surface area contributed by atoms with Gasteiger partial charge in [0, 0.05) is 32.2 Å². The fraction of sp³-hybridized carbons (Fsp3) is 0.526. The summed E-state index contributed by atoms with van der Waals surface area (Å²) >= 11 is 0. The Hall–Kier alpha value is -3.38. The number of piperazine rings is 1. The molecule has 1 fully saturated rings. The first-order valence-electron chi connectivity index (χ1n) is 9.71. The molecule has 3 heterocycles. The van der Waals surface area contributed by atoms with Crippen LogP contribution in [0.25, 0.3) is 5.82 Å². The molecule has 0 atom stereocenters. The Morgan fingerprint density at radius 3 is 2.12 bits per heavy atom. The molecule has 2 aromatic heterocycles. The number of alkyl halides is 3. The van der Waals surface area contributed by atoms with E-state index in [0.717, 1.165) is 6.20 Å². The number of halogens is 3. The van der Waals surface area contributed by atoms with E-state index in [4.69, 9.17) is 9.47 Å². The lowest BCUT2D eigenvalue weighted by atomic mass is 10.2. The zero-order chi connectivity index (χ0) is 23.7. The third kappa shape index (κ3) is 5.08. The normalized spacial score (nSPS) is 15.0. The predicted molar refractivity (Wildman–Crippen MR) is 104 cm³/mol. The summed E-state index contributed by atoms with van der Waals surface area (Å²) in [5.41, 5.74) is -2.54. The van der Waals surface area contributed by atoms with Gasteiger partial charge in [-0.05, 0) is 26.8 Å². The molecule has 0 aromatic carbocycles. The molecule has 10 nitrogen and oxygen atoms in total. The molecule has 2 amide bonds. The van der Waals surface area contributed by atoms with E-state index in [9.17, 15) is 22.8 Å². The molecular weight excluding hydrogens is 433 g/mol. The largest absolute Gasteiger partial charge is 0.480 e. The van der Waals surface area contributed by atoms with Crippen LogP contribution in [0.1, 0.15) is 36.8 Å². The Labute approximate surface area is 181 Å². The van der Waals surface area contributed by atoms with Crippen LogP contribution >= 0.6 is 0 Å². The number of carbonyl (C=O) groups is 2. The summed E-state index contributed by atoms with van der Waals surface area (Å²) in [5, 5.41) is 11.1. The highest BCUT2D eigenvalue weighted by molar-refractivity contribution is 5.95. The number of aromatic nitrogens is 4. The van der Waals surface area contributed by atoms with Gasteiger partial charge in [0.2, 0.25) is 5.88 Å². The number of rotatable bonds is 3. The summed E-state index contributed by atoms with van der Waals surface area (Å²) in [6.45, 7) is 5.59. The second kappa shape index (κ2) is 8.63. The van der Waals surface area contributed by atoms with Gasteiger partial charge in [0.15, 0.2) is 11.5 Å². The summed E-state index contributed by atoms with van der Waals surface area (Å²) in [6, 6.07) is 2.59. The third-order valence-corrected chi connectivity index (χ3v) is 4.54. The second-order valence-electron chi connectivity index (χ2n) is 8.01. The van der Waals surface area contributed by atoms with Crippen molar-refractivity contribution in [2.75, 3.05) is 33.3 Å². The zero-order valence-corrected chi connectivity index (χ0v) is 18.0. The van der Waals surface area contributed by atoms with Crippen molar-refractivity contribution in [1.82, 2.24) is 29.8 Å². The SMILES string of the molecule is COc1ccc(-n2ncc(C(=O)N3CCN(C(=O)OC(C)(C)C)CC3)c2C(F)(F)F)nn1. The van der Waals surface area contributed by atoms with Crippen molar-refractivity contribution in [3.63, 3.8) is 0 Å². The summed E-state index contributed by atoms with van der Waals surface area (Å²) < 4.78 is 52.2. The van der Waals surface area contributed by atoms with Crippen molar-refractivity contribution in [2.24, 2.45) is 0 Å². The van der Waals surface area contributed by atoms with Crippen LogP contribution in [-0.4, -0.2) is 80.7 Å². The molecule has 13 heteroatoms. The maximum atomic E-state index is 13.9. The first-order valence-corrected chi connectivity index (χ1v) is 9.71. The van der Waals surface area contributed by atoms with Gasteiger partial charge in [0.1, 0.15) is 5.60 Å². The Morgan fingerprint density at radius 2 is 1.62 bits per heavy atom. The van der Waals surface area contributed by atoms with Crippen LogP contribution in [0.15, 0.2) is 18.3 Å². The zero-order valence-electron chi connectivity index (χ0n) is 18.0. The van der Waals surface area contributed by atoms with Crippen molar-refractivity contribution in [2.45, 2.75) is 32.5 Å². The molecule has 0 radical (unpaired) electrons. The lowest BCUT2D eigenvalue weighted by molar-refractivity contribution is -0.143. The fourth-order valence-electron chi connectivity index (χ4n) is 3.08. The number of amides is 2. The summed E-state index contributed by atoms with van der Waals surface area (Å²) in [4.78, 5) is 27.7. The number of carbonyl (C=O) groups excluding carboxylic acids is 2. The molecule has 1 aliphatic rings. The predicted octanol–water partition coefficient (Wildman–Crippen LogP) is 2.38. The van der Waals surface area contributed by atoms with Gasteiger partial charge < -0.3 is 19.3 Å². The van der Waals surface area contributed by atoms with E-state index in [1.54, 1.807) is 20.8 Å². The second-order valence-corrected chi connectivity index (χ2v) is 8.01. The van der Waals surface area contributed by atoms with Crippen LogP contribution in [0.5, 0.6) is 5.88 Å². The molecule has 0 aliphatic carbocycles. The average Bonchev–Trinajstić information content (AvgIpc) is 3.18. The standard InChI is InChI=1S/C19H23F3N6O4/c1-18(2,3)32-17(30)27-9-7-26(8-10-27)16(29)12-11-23-28(15(12)19(20,21)22)13-5-6-14(31-4)25-24-13/h5-6,11H,7-10H2,1-4H3. The summed E-state index contributed by atoms with van der Waals surface area (Å²) in [7, 11) is 1.35. The molecule has 1 aliphatic heterocycles.